The van der Waals surface area contributed by atoms with E-state index in [1.165, 1.54) is 12.8 Å². The van der Waals surface area contributed by atoms with Crippen LogP contribution < -0.4 is 0 Å². The fraction of sp³-hybridized carbons (Fsp3) is 0.800. The van der Waals surface area contributed by atoms with Crippen molar-refractivity contribution in [2.75, 3.05) is 13.1 Å². The van der Waals surface area contributed by atoms with E-state index in [-0.39, 0.29) is 3.91 Å². The van der Waals surface area contributed by atoms with Gasteiger partial charge in [0.2, 0.25) is 0 Å². The van der Waals surface area contributed by atoms with E-state index >= 15 is 0 Å². The Hall–Kier alpha value is 0.200. The Morgan fingerprint density at radius 1 is 1.38 bits per heavy atom. The summed E-state index contributed by atoms with van der Waals surface area (Å²) >= 11 is 1.83. The molecule has 1 fully saturated rings. The molecular formula is C5H8INO. The predicted molar refractivity (Wildman–Crippen MR) is 40.2 cm³/mol. The maximum Gasteiger partial charge on any atom is 0.283 e. The zero-order valence-electron chi connectivity index (χ0n) is 4.56. The largest absolute Gasteiger partial charge is 0.334 e. The highest BCUT2D eigenvalue weighted by molar-refractivity contribution is 14.1. The predicted octanol–water partition coefficient (Wildman–Crippen LogP) is 1.64. The van der Waals surface area contributed by atoms with Crippen molar-refractivity contribution in [3.8, 4) is 0 Å². The molecule has 46 valence electrons. The van der Waals surface area contributed by atoms with E-state index in [4.69, 9.17) is 0 Å². The monoisotopic (exact) mass is 225 g/mol. The number of rotatable bonds is 0. The summed E-state index contributed by atoms with van der Waals surface area (Å²) in [5.74, 6) is 0. The molecule has 0 atom stereocenters. The molecule has 0 bridgehead atoms. The summed E-state index contributed by atoms with van der Waals surface area (Å²) in [7, 11) is 0. The highest BCUT2D eigenvalue weighted by Gasteiger charge is 2.13. The van der Waals surface area contributed by atoms with Gasteiger partial charge in [-0.25, -0.2) is 0 Å². The Bertz CT molecular complexity index is 98.6. The molecule has 1 saturated heterocycles. The molecule has 2 nitrogen and oxygen atoms in total. The van der Waals surface area contributed by atoms with E-state index in [9.17, 15) is 4.79 Å². The summed E-state index contributed by atoms with van der Waals surface area (Å²) in [6, 6.07) is 0. The molecule has 3 heteroatoms. The standard InChI is InChI=1S/C5H8INO/c6-5(8)7-3-1-2-4-7/h1-4H2. The van der Waals surface area contributed by atoms with E-state index < -0.39 is 0 Å². The van der Waals surface area contributed by atoms with E-state index in [0.29, 0.717) is 0 Å². The van der Waals surface area contributed by atoms with E-state index in [1.807, 2.05) is 27.5 Å². The quantitative estimate of drug-likeness (QED) is 0.348. The van der Waals surface area contributed by atoms with Crippen molar-refractivity contribution in [1.29, 1.82) is 0 Å². The Kier molecular flexibility index (Phi) is 2.10. The van der Waals surface area contributed by atoms with E-state index in [1.54, 1.807) is 0 Å². The van der Waals surface area contributed by atoms with Crippen LogP contribution in [0.25, 0.3) is 0 Å². The van der Waals surface area contributed by atoms with Crippen LogP contribution in [-0.4, -0.2) is 21.9 Å². The average Bonchev–Trinajstić information content (AvgIpc) is 2.12. The molecule has 0 spiro atoms. The van der Waals surface area contributed by atoms with Gasteiger partial charge in [-0.05, 0) is 12.8 Å². The van der Waals surface area contributed by atoms with Crippen LogP contribution in [0.1, 0.15) is 12.8 Å². The van der Waals surface area contributed by atoms with Gasteiger partial charge in [0.15, 0.2) is 0 Å². The first-order chi connectivity index (χ1) is 3.80. The van der Waals surface area contributed by atoms with Crippen molar-refractivity contribution < 1.29 is 4.79 Å². The van der Waals surface area contributed by atoms with E-state index in [2.05, 4.69) is 0 Å². The number of amides is 1. The van der Waals surface area contributed by atoms with Crippen LogP contribution in [0.15, 0.2) is 0 Å². The molecule has 0 aromatic carbocycles. The van der Waals surface area contributed by atoms with Crippen molar-refractivity contribution in [1.82, 2.24) is 4.90 Å². The van der Waals surface area contributed by atoms with Gasteiger partial charge in [-0.2, -0.15) is 0 Å². The Morgan fingerprint density at radius 3 is 2.12 bits per heavy atom. The lowest BCUT2D eigenvalue weighted by Gasteiger charge is -2.08. The molecule has 1 aliphatic heterocycles. The first kappa shape index (κ1) is 6.32. The molecule has 0 aromatic rings. The second kappa shape index (κ2) is 2.66. The zero-order valence-corrected chi connectivity index (χ0v) is 6.72. The Balaban J connectivity index is 2.35. The van der Waals surface area contributed by atoms with Gasteiger partial charge in [-0.15, -0.1) is 0 Å². The summed E-state index contributed by atoms with van der Waals surface area (Å²) in [6.07, 6.45) is 2.38. The molecule has 0 aliphatic carbocycles. The highest BCUT2D eigenvalue weighted by atomic mass is 127. The maximum atomic E-state index is 10.6. The summed E-state index contributed by atoms with van der Waals surface area (Å²) in [6.45, 7) is 1.95. The number of carbonyl (C=O) groups excluding carboxylic acids is 1. The van der Waals surface area contributed by atoms with Crippen LogP contribution in [0.5, 0.6) is 0 Å². The lowest BCUT2D eigenvalue weighted by Crippen LogP contribution is -2.20. The van der Waals surface area contributed by atoms with E-state index in [0.717, 1.165) is 13.1 Å². The van der Waals surface area contributed by atoms with Crippen molar-refractivity contribution >= 4 is 26.5 Å². The van der Waals surface area contributed by atoms with Gasteiger partial charge in [0.05, 0.1) is 0 Å². The van der Waals surface area contributed by atoms with Crippen molar-refractivity contribution in [3.05, 3.63) is 0 Å². The third-order valence-corrected chi connectivity index (χ3v) is 2.04. The summed E-state index contributed by atoms with van der Waals surface area (Å²) in [4.78, 5) is 12.4. The minimum absolute atomic E-state index is 0.195. The second-order valence-corrected chi connectivity index (χ2v) is 2.87. The lowest BCUT2D eigenvalue weighted by atomic mass is 10.4. The summed E-state index contributed by atoms with van der Waals surface area (Å²) in [5.41, 5.74) is 0. The highest BCUT2D eigenvalue weighted by Crippen LogP contribution is 2.10. The van der Waals surface area contributed by atoms with Crippen LogP contribution >= 0.6 is 22.6 Å². The fourth-order valence-corrected chi connectivity index (χ4v) is 1.38. The third-order valence-electron chi connectivity index (χ3n) is 1.35. The normalized spacial score (nSPS) is 19.4. The number of halogens is 1. The molecule has 1 aliphatic rings. The Morgan fingerprint density at radius 2 is 1.88 bits per heavy atom. The van der Waals surface area contributed by atoms with Gasteiger partial charge in [-0.3, -0.25) is 4.79 Å². The smallest absolute Gasteiger partial charge is 0.283 e. The number of hydrogen-bond acceptors (Lipinski definition) is 1. The van der Waals surface area contributed by atoms with Gasteiger partial charge in [0.25, 0.3) is 3.91 Å². The SMILES string of the molecule is O=C(I)N1CCCC1. The minimum atomic E-state index is 0.195. The maximum absolute atomic E-state index is 10.6. The molecule has 8 heavy (non-hydrogen) atoms. The third kappa shape index (κ3) is 1.34. The number of nitrogens with zero attached hydrogens (tertiary/aromatic N) is 1. The number of hydrogen-bond donors (Lipinski definition) is 0. The van der Waals surface area contributed by atoms with Gasteiger partial charge < -0.3 is 4.90 Å². The van der Waals surface area contributed by atoms with Gasteiger partial charge in [0, 0.05) is 35.7 Å². The fourth-order valence-electron chi connectivity index (χ4n) is 0.893. The Labute approximate surface area is 62.4 Å². The molecule has 1 rings (SSSR count). The topological polar surface area (TPSA) is 20.3 Å². The molecule has 0 saturated carbocycles. The number of likely N-dealkylation sites (tertiary alicyclic amines) is 1. The summed E-state index contributed by atoms with van der Waals surface area (Å²) < 4.78 is 0.195. The zero-order chi connectivity index (χ0) is 5.98. The first-order valence-electron chi connectivity index (χ1n) is 2.75. The molecule has 1 heterocycles. The van der Waals surface area contributed by atoms with Crippen LogP contribution in [0.4, 0.5) is 4.79 Å². The molecule has 0 N–H and O–H groups in total. The number of carbonyl (C=O) groups is 1. The van der Waals surface area contributed by atoms with Crippen LogP contribution in [0.3, 0.4) is 0 Å². The van der Waals surface area contributed by atoms with Crippen molar-refractivity contribution in [2.24, 2.45) is 0 Å². The summed E-state index contributed by atoms with van der Waals surface area (Å²) in [5, 5.41) is 0. The average molecular weight is 225 g/mol. The molecule has 0 unspecified atom stereocenters. The van der Waals surface area contributed by atoms with Gasteiger partial charge in [0.1, 0.15) is 0 Å². The molecule has 0 aromatic heterocycles. The van der Waals surface area contributed by atoms with Crippen molar-refractivity contribution in [2.45, 2.75) is 12.8 Å². The van der Waals surface area contributed by atoms with Crippen LogP contribution in [0.2, 0.25) is 0 Å². The second-order valence-electron chi connectivity index (χ2n) is 1.95. The lowest BCUT2D eigenvalue weighted by molar-refractivity contribution is 0.236. The molecule has 1 amide bonds. The minimum Gasteiger partial charge on any atom is -0.334 e. The molecular weight excluding hydrogens is 217 g/mol. The first-order valence-corrected chi connectivity index (χ1v) is 3.83. The van der Waals surface area contributed by atoms with Crippen molar-refractivity contribution in [3.63, 3.8) is 0 Å². The van der Waals surface area contributed by atoms with Gasteiger partial charge in [-0.1, -0.05) is 0 Å². The van der Waals surface area contributed by atoms with Gasteiger partial charge >= 0.3 is 0 Å². The van der Waals surface area contributed by atoms with Crippen LogP contribution in [0, 0.1) is 0 Å². The molecule has 0 radical (unpaired) electrons. The van der Waals surface area contributed by atoms with Crippen LogP contribution in [-0.2, 0) is 0 Å².